The van der Waals surface area contributed by atoms with Gasteiger partial charge in [0.05, 0.1) is 9.88 Å². The smallest absolute Gasteiger partial charge is 0.507 e. The second kappa shape index (κ2) is 24.8. The Labute approximate surface area is 328 Å². The molecule has 0 bridgehead atoms. The van der Waals surface area contributed by atoms with Gasteiger partial charge in [-0.3, -0.25) is 6.58 Å². The molecule has 0 amide bonds. The predicted molar refractivity (Wildman–Crippen MR) is 199 cm³/mol. The third-order valence-electron chi connectivity index (χ3n) is 6.94. The largest absolute Gasteiger partial charge is 1.00 e. The zero-order valence-corrected chi connectivity index (χ0v) is 34.5. The molecule has 1 aromatic heterocycles. The van der Waals surface area contributed by atoms with Crippen molar-refractivity contribution in [1.29, 1.82) is 0 Å². The molecule has 3 aromatic rings. The fraction of sp³-hybridized carbons (Fsp3) is 0.400. The zero-order chi connectivity index (χ0) is 33.1. The van der Waals surface area contributed by atoms with E-state index in [9.17, 15) is 0 Å². The van der Waals surface area contributed by atoms with E-state index in [1.807, 2.05) is 26.1 Å². The number of allylic oxidation sites excluding steroid dienone is 3. The molecule has 0 N–H and O–H groups in total. The molecule has 0 radical (unpaired) electrons. The second-order valence-electron chi connectivity index (χ2n) is 10.9. The summed E-state index contributed by atoms with van der Waals surface area (Å²) < 4.78 is 0. The van der Waals surface area contributed by atoms with Gasteiger partial charge in [-0.2, -0.15) is 24.6 Å². The molecule has 1 aliphatic rings. The van der Waals surface area contributed by atoms with Gasteiger partial charge in [0.2, 0.25) is 0 Å². The van der Waals surface area contributed by atoms with Crippen LogP contribution < -0.4 is 51.4 Å². The Bertz CT molecular complexity index is 1330. The summed E-state index contributed by atoms with van der Waals surface area (Å²) in [6.07, 6.45) is 15.1. The molecule has 240 valence electrons. The first-order chi connectivity index (χ1) is 21.1. The monoisotopic (exact) mass is 669 g/mol. The molecule has 0 aliphatic carbocycles. The van der Waals surface area contributed by atoms with Crippen LogP contribution in [0.2, 0.25) is 5.02 Å². The van der Waals surface area contributed by atoms with Crippen LogP contribution in [-0.4, -0.2) is 16.4 Å². The molecule has 2 aromatic carbocycles. The molecule has 0 spiro atoms. The topological polar surface area (TPSA) is 16.1 Å². The van der Waals surface area contributed by atoms with Gasteiger partial charge in [0.25, 0.3) is 0 Å². The van der Waals surface area contributed by atoms with Crippen LogP contribution >= 0.6 is 22.9 Å². The Kier molecular flexibility index (Phi) is 24.0. The van der Waals surface area contributed by atoms with E-state index in [4.69, 9.17) is 11.6 Å². The molecule has 5 heteroatoms. The number of hydrogen-bond donors (Lipinski definition) is 0. The van der Waals surface area contributed by atoms with E-state index in [1.54, 1.807) is 18.3 Å². The maximum Gasteiger partial charge on any atom is 1.00 e. The van der Waals surface area contributed by atoms with E-state index in [1.165, 1.54) is 43.2 Å². The first-order valence-electron chi connectivity index (χ1n) is 16.1. The minimum Gasteiger partial charge on any atom is -0.507 e. The van der Waals surface area contributed by atoms with Crippen molar-refractivity contribution >= 4 is 28.5 Å². The van der Waals surface area contributed by atoms with Crippen molar-refractivity contribution in [1.82, 2.24) is 9.88 Å². The first kappa shape index (κ1) is 43.6. The molecular formula is C40H55ClKN2S-. The van der Waals surface area contributed by atoms with Gasteiger partial charge in [0.15, 0.2) is 0 Å². The summed E-state index contributed by atoms with van der Waals surface area (Å²) in [5.41, 5.74) is 8.22. The van der Waals surface area contributed by atoms with Crippen LogP contribution in [0.15, 0.2) is 85.2 Å². The maximum absolute atomic E-state index is 6.62. The number of nitrogens with zero attached hydrogens (tertiary/aromatic N) is 2. The number of aromatic nitrogens is 1. The van der Waals surface area contributed by atoms with Gasteiger partial charge in [0.1, 0.15) is 0 Å². The summed E-state index contributed by atoms with van der Waals surface area (Å²) in [6.45, 7) is 29.4. The van der Waals surface area contributed by atoms with Crippen LogP contribution in [0.4, 0.5) is 0 Å². The number of thiazole rings is 1. The van der Waals surface area contributed by atoms with Crippen LogP contribution in [0.5, 0.6) is 0 Å². The standard InChI is InChI=1S/C20H20ClN2S.C14H22.C3H8.C3H5.K/c1-5-15-9-18(13(3)23(6-2)12-15)17-8-7-16(10-19(17)21)20-11-22-14(4)24-20;1-4-6-13(7-5-2)14-10-8-12(3)9-11-14;2*1-3-2;/h5,7-12H,3,6H2,1-2,4H3;8-11,13H,4-7H2,1-3H3;3H2,1-2H3;1H2,2H3;/q-1;;;-1;+1/b15-5-;;;;. The molecular weight excluding hydrogens is 615 g/mol. The van der Waals surface area contributed by atoms with E-state index in [-0.39, 0.29) is 51.4 Å². The number of rotatable bonds is 8. The summed E-state index contributed by atoms with van der Waals surface area (Å²) in [7, 11) is 0. The van der Waals surface area contributed by atoms with E-state index >= 15 is 0 Å². The summed E-state index contributed by atoms with van der Waals surface area (Å²) in [6, 6.07) is 15.3. The Morgan fingerprint density at radius 3 is 2.04 bits per heavy atom. The fourth-order valence-corrected chi connectivity index (χ4v) is 5.82. The minimum atomic E-state index is 0. The summed E-state index contributed by atoms with van der Waals surface area (Å²) in [5.74, 6) is 0.783. The van der Waals surface area contributed by atoms with Gasteiger partial charge in [-0.05, 0) is 67.9 Å². The van der Waals surface area contributed by atoms with Crippen molar-refractivity contribution in [3.05, 3.63) is 125 Å². The minimum absolute atomic E-state index is 0. The van der Waals surface area contributed by atoms with Crippen molar-refractivity contribution in [2.75, 3.05) is 6.54 Å². The van der Waals surface area contributed by atoms with Gasteiger partial charge in [-0.1, -0.05) is 121 Å². The van der Waals surface area contributed by atoms with E-state index in [0.717, 1.165) is 55.3 Å². The first-order valence-corrected chi connectivity index (χ1v) is 17.2. The van der Waals surface area contributed by atoms with Gasteiger partial charge in [0, 0.05) is 23.5 Å². The predicted octanol–water partition coefficient (Wildman–Crippen LogP) is 10.2. The van der Waals surface area contributed by atoms with Crippen LogP contribution in [0.1, 0.15) is 108 Å². The van der Waals surface area contributed by atoms with Gasteiger partial charge < -0.3 is 11.0 Å². The zero-order valence-electron chi connectivity index (χ0n) is 29.8. The van der Waals surface area contributed by atoms with Crippen molar-refractivity contribution in [2.45, 2.75) is 100 Å². The molecule has 2 nitrogen and oxygen atoms in total. The molecule has 2 heterocycles. The summed E-state index contributed by atoms with van der Waals surface area (Å²) >= 11 is 8.30. The number of benzene rings is 2. The Morgan fingerprint density at radius 1 is 1.02 bits per heavy atom. The molecule has 0 fully saturated rings. The quantitative estimate of drug-likeness (QED) is 0.175. The van der Waals surface area contributed by atoms with Crippen LogP contribution in [-0.2, 0) is 0 Å². The Balaban J connectivity index is 0.000000785. The Hall–Kier alpha value is -1.37. The Morgan fingerprint density at radius 2 is 1.60 bits per heavy atom. The molecule has 1 aliphatic heterocycles. The van der Waals surface area contributed by atoms with Gasteiger partial charge in [-0.25, -0.2) is 4.98 Å². The molecule has 45 heavy (non-hydrogen) atoms. The van der Waals surface area contributed by atoms with E-state index in [0.29, 0.717) is 0 Å². The van der Waals surface area contributed by atoms with Crippen LogP contribution in [0, 0.1) is 26.5 Å². The number of aryl methyl sites for hydroxylation is 2. The van der Waals surface area contributed by atoms with Gasteiger partial charge >= 0.3 is 51.4 Å². The van der Waals surface area contributed by atoms with Gasteiger partial charge in [-0.15, -0.1) is 11.3 Å². The van der Waals surface area contributed by atoms with E-state index in [2.05, 4.69) is 126 Å². The molecule has 4 rings (SSSR count). The number of hydrogen-bond acceptors (Lipinski definition) is 3. The SMILES string of the molecule is C=C1C(c2ccc(-c3cnc(C)s3)cc2Cl)=C/C(=C/C)[CH-]N1CC.C=[C-]C.CCC.CCCC(CCC)c1ccc(C)cc1.[K+]. The third kappa shape index (κ3) is 14.9. The number of likely N-dealkylation sites (N-methyl/N-ethyl adjacent to an activating group) is 1. The second-order valence-corrected chi connectivity index (χ2v) is 12.5. The van der Waals surface area contributed by atoms with Crippen LogP contribution in [0.3, 0.4) is 0 Å². The average Bonchev–Trinajstić information content (AvgIpc) is 3.45. The normalized spacial score (nSPS) is 12.8. The van der Waals surface area contributed by atoms with Crippen molar-refractivity contribution in [2.24, 2.45) is 0 Å². The maximum atomic E-state index is 6.62. The summed E-state index contributed by atoms with van der Waals surface area (Å²) in [5, 5.41) is 1.79. The molecule has 0 saturated heterocycles. The van der Waals surface area contributed by atoms with Crippen molar-refractivity contribution in [3.8, 4) is 10.4 Å². The van der Waals surface area contributed by atoms with Crippen LogP contribution in [0.25, 0.3) is 16.0 Å². The summed E-state index contributed by atoms with van der Waals surface area (Å²) in [4.78, 5) is 7.61. The average molecular weight is 671 g/mol. The third-order valence-corrected chi connectivity index (χ3v) is 8.21. The molecule has 0 saturated carbocycles. The number of halogens is 1. The van der Waals surface area contributed by atoms with E-state index < -0.39 is 0 Å². The van der Waals surface area contributed by atoms with Crippen molar-refractivity contribution in [3.63, 3.8) is 0 Å². The van der Waals surface area contributed by atoms with Crippen molar-refractivity contribution < 1.29 is 51.4 Å². The molecule has 0 atom stereocenters. The fourth-order valence-electron chi connectivity index (χ4n) is 4.77. The molecule has 0 unspecified atom stereocenters.